The molecular formula is C27H35N5O4. The summed E-state index contributed by atoms with van der Waals surface area (Å²) in [7, 11) is 0. The Bertz CT molecular complexity index is 1080. The van der Waals surface area contributed by atoms with Crippen molar-refractivity contribution >= 4 is 23.7 Å². The Labute approximate surface area is 212 Å². The molecule has 0 saturated carbocycles. The van der Waals surface area contributed by atoms with E-state index in [1.54, 1.807) is 21.9 Å². The normalized spacial score (nSPS) is 16.8. The number of hydrogen-bond acceptors (Lipinski definition) is 5. The number of piperidine rings is 1. The molecule has 36 heavy (non-hydrogen) atoms. The number of ether oxygens (including phenoxy) is 1. The highest BCUT2D eigenvalue weighted by Gasteiger charge is 2.48. The van der Waals surface area contributed by atoms with Gasteiger partial charge in [0.05, 0.1) is 6.54 Å². The fourth-order valence-corrected chi connectivity index (χ4v) is 4.78. The van der Waals surface area contributed by atoms with Crippen LogP contribution in [-0.2, 0) is 11.3 Å². The van der Waals surface area contributed by atoms with Gasteiger partial charge in [-0.15, -0.1) is 0 Å². The van der Waals surface area contributed by atoms with E-state index in [4.69, 9.17) is 10.6 Å². The Morgan fingerprint density at radius 3 is 2.14 bits per heavy atom. The minimum atomic E-state index is -0.506. The van der Waals surface area contributed by atoms with Gasteiger partial charge in [0, 0.05) is 42.8 Å². The summed E-state index contributed by atoms with van der Waals surface area (Å²) >= 11 is 0. The van der Waals surface area contributed by atoms with E-state index in [1.165, 1.54) is 0 Å². The molecule has 0 bridgehead atoms. The summed E-state index contributed by atoms with van der Waals surface area (Å²) in [5.74, 6) is 4.86. The Morgan fingerprint density at radius 1 is 0.972 bits per heavy atom. The molecule has 192 valence electrons. The van der Waals surface area contributed by atoms with Crippen molar-refractivity contribution in [3.05, 3.63) is 65.7 Å². The standard InChI is InChI=1S/C27H35N5O4/c1-26(2,3)36-25(35)31-18-27(19-31)13-15-30(16-14-27)24(34)32(22-7-5-4-6-8-22)17-20-9-11-21(12-10-20)23(33)29-28/h4-12H,13-19,28H2,1-3H3,(H,29,33). The summed E-state index contributed by atoms with van der Waals surface area (Å²) < 4.78 is 5.49. The highest BCUT2D eigenvalue weighted by atomic mass is 16.6. The van der Waals surface area contributed by atoms with Gasteiger partial charge in [0.1, 0.15) is 5.60 Å². The zero-order chi connectivity index (χ0) is 25.9. The maximum atomic E-state index is 13.7. The van der Waals surface area contributed by atoms with E-state index < -0.39 is 5.60 Å². The number of benzene rings is 2. The summed E-state index contributed by atoms with van der Waals surface area (Å²) in [5, 5.41) is 0. The lowest BCUT2D eigenvalue weighted by Crippen LogP contribution is -2.63. The van der Waals surface area contributed by atoms with Crippen molar-refractivity contribution in [3.8, 4) is 0 Å². The van der Waals surface area contributed by atoms with Crippen LogP contribution in [0.4, 0.5) is 15.3 Å². The van der Waals surface area contributed by atoms with Crippen LogP contribution in [0.25, 0.3) is 0 Å². The smallest absolute Gasteiger partial charge is 0.410 e. The molecule has 0 aromatic heterocycles. The molecule has 0 unspecified atom stereocenters. The van der Waals surface area contributed by atoms with Crippen LogP contribution in [0.5, 0.6) is 0 Å². The first-order valence-electron chi connectivity index (χ1n) is 12.3. The highest BCUT2D eigenvalue weighted by molar-refractivity contribution is 5.94. The first-order chi connectivity index (χ1) is 17.1. The minimum absolute atomic E-state index is 0.0526. The number of anilines is 1. The van der Waals surface area contributed by atoms with Crippen molar-refractivity contribution in [1.82, 2.24) is 15.2 Å². The third kappa shape index (κ3) is 5.79. The van der Waals surface area contributed by atoms with Crippen molar-refractivity contribution in [2.45, 2.75) is 45.8 Å². The zero-order valence-electron chi connectivity index (χ0n) is 21.2. The predicted octanol–water partition coefficient (Wildman–Crippen LogP) is 3.75. The number of nitrogen functional groups attached to an aromatic ring is 1. The highest BCUT2D eigenvalue weighted by Crippen LogP contribution is 2.41. The van der Waals surface area contributed by atoms with E-state index in [2.05, 4.69) is 5.43 Å². The molecule has 2 aromatic carbocycles. The van der Waals surface area contributed by atoms with Crippen LogP contribution >= 0.6 is 0 Å². The molecule has 9 nitrogen and oxygen atoms in total. The first-order valence-corrected chi connectivity index (χ1v) is 12.3. The number of rotatable bonds is 4. The van der Waals surface area contributed by atoms with Crippen molar-refractivity contribution in [2.24, 2.45) is 11.3 Å². The Kier molecular flexibility index (Phi) is 7.21. The molecule has 0 atom stereocenters. The first kappa shape index (κ1) is 25.5. The molecule has 3 N–H and O–H groups in total. The second kappa shape index (κ2) is 10.2. The Hall–Kier alpha value is -3.59. The van der Waals surface area contributed by atoms with Crippen LogP contribution in [0.1, 0.15) is 49.5 Å². The van der Waals surface area contributed by atoms with Gasteiger partial charge in [0.2, 0.25) is 0 Å². The predicted molar refractivity (Wildman–Crippen MR) is 137 cm³/mol. The van der Waals surface area contributed by atoms with Gasteiger partial charge in [-0.25, -0.2) is 15.4 Å². The van der Waals surface area contributed by atoms with Crippen molar-refractivity contribution in [1.29, 1.82) is 0 Å². The van der Waals surface area contributed by atoms with Gasteiger partial charge < -0.3 is 14.5 Å². The SMILES string of the molecule is CC(C)(C)OC(=O)N1CC2(CCN(C(=O)N(Cc3ccc(C(=O)NN)cc3)c3ccccc3)CC2)C1. The van der Waals surface area contributed by atoms with E-state index in [0.29, 0.717) is 38.3 Å². The number of hydrogen-bond donors (Lipinski definition) is 2. The molecule has 2 aliphatic rings. The fourth-order valence-electron chi connectivity index (χ4n) is 4.78. The average molecular weight is 494 g/mol. The van der Waals surface area contributed by atoms with Crippen LogP contribution in [0, 0.1) is 5.41 Å². The Balaban J connectivity index is 1.40. The number of nitrogens with two attached hydrogens (primary N) is 1. The molecule has 0 aliphatic carbocycles. The molecular weight excluding hydrogens is 458 g/mol. The lowest BCUT2D eigenvalue weighted by molar-refractivity contribution is -0.0548. The van der Waals surface area contributed by atoms with Gasteiger partial charge in [0.15, 0.2) is 0 Å². The maximum Gasteiger partial charge on any atom is 0.410 e. The van der Waals surface area contributed by atoms with Crippen LogP contribution in [0.2, 0.25) is 0 Å². The maximum absolute atomic E-state index is 13.7. The van der Waals surface area contributed by atoms with Crippen molar-refractivity contribution < 1.29 is 19.1 Å². The molecule has 9 heteroatoms. The second-order valence-corrected chi connectivity index (χ2v) is 10.7. The van der Waals surface area contributed by atoms with Gasteiger partial charge >= 0.3 is 12.1 Å². The molecule has 4 amide bonds. The number of para-hydroxylation sites is 1. The van der Waals surface area contributed by atoms with Gasteiger partial charge in [0.25, 0.3) is 5.91 Å². The number of nitrogens with one attached hydrogen (secondary N) is 1. The monoisotopic (exact) mass is 493 g/mol. The largest absolute Gasteiger partial charge is 0.444 e. The molecule has 2 aliphatic heterocycles. The van der Waals surface area contributed by atoms with Crippen LogP contribution < -0.4 is 16.2 Å². The van der Waals surface area contributed by atoms with Gasteiger partial charge in [-0.2, -0.15) is 0 Å². The number of carbonyl (C=O) groups is 3. The quantitative estimate of drug-likeness (QED) is 0.383. The summed E-state index contributed by atoms with van der Waals surface area (Å²) in [6, 6.07) is 16.6. The van der Waals surface area contributed by atoms with Gasteiger partial charge in [-0.05, 0) is 63.4 Å². The van der Waals surface area contributed by atoms with Crippen LogP contribution in [0.3, 0.4) is 0 Å². The number of urea groups is 1. The lowest BCUT2D eigenvalue weighted by Gasteiger charge is -2.53. The fraction of sp³-hybridized carbons (Fsp3) is 0.444. The van der Waals surface area contributed by atoms with Gasteiger partial charge in [-0.3, -0.25) is 15.1 Å². The minimum Gasteiger partial charge on any atom is -0.444 e. The third-order valence-corrected chi connectivity index (χ3v) is 6.79. The van der Waals surface area contributed by atoms with E-state index in [9.17, 15) is 14.4 Å². The summed E-state index contributed by atoms with van der Waals surface area (Å²) in [6.07, 6.45) is 1.43. The van der Waals surface area contributed by atoms with Crippen molar-refractivity contribution in [2.75, 3.05) is 31.1 Å². The number of likely N-dealkylation sites (tertiary alicyclic amines) is 2. The van der Waals surface area contributed by atoms with Crippen LogP contribution in [-0.4, -0.2) is 59.6 Å². The van der Waals surface area contributed by atoms with E-state index in [-0.39, 0.29) is 23.4 Å². The molecule has 1 spiro atoms. The number of nitrogens with zero attached hydrogens (tertiary/aromatic N) is 3. The van der Waals surface area contributed by atoms with E-state index >= 15 is 0 Å². The molecule has 0 radical (unpaired) electrons. The van der Waals surface area contributed by atoms with E-state index in [0.717, 1.165) is 24.1 Å². The summed E-state index contributed by atoms with van der Waals surface area (Å²) in [5.41, 5.74) is 3.85. The average Bonchev–Trinajstić information content (AvgIpc) is 2.85. The molecule has 4 rings (SSSR count). The third-order valence-electron chi connectivity index (χ3n) is 6.79. The number of carbonyl (C=O) groups excluding carboxylic acids is 3. The second-order valence-electron chi connectivity index (χ2n) is 10.7. The topological polar surface area (TPSA) is 108 Å². The lowest BCUT2D eigenvalue weighted by atomic mass is 9.72. The summed E-state index contributed by atoms with van der Waals surface area (Å²) in [6.45, 7) is 8.61. The van der Waals surface area contributed by atoms with Gasteiger partial charge in [-0.1, -0.05) is 30.3 Å². The van der Waals surface area contributed by atoms with E-state index in [1.807, 2.05) is 68.1 Å². The Morgan fingerprint density at radius 2 is 1.58 bits per heavy atom. The summed E-state index contributed by atoms with van der Waals surface area (Å²) in [4.78, 5) is 43.2. The van der Waals surface area contributed by atoms with Crippen LogP contribution in [0.15, 0.2) is 54.6 Å². The zero-order valence-corrected chi connectivity index (χ0v) is 21.2. The van der Waals surface area contributed by atoms with Crippen molar-refractivity contribution in [3.63, 3.8) is 0 Å². The molecule has 2 saturated heterocycles. The molecule has 2 fully saturated rings. The molecule has 2 aromatic rings. The molecule has 2 heterocycles. The number of amides is 4. The number of hydrazine groups is 1.